The highest BCUT2D eigenvalue weighted by molar-refractivity contribution is 8.18. The predicted molar refractivity (Wildman–Crippen MR) is 119 cm³/mol. The first-order valence-electron chi connectivity index (χ1n) is 9.07. The molecule has 0 radical (unpaired) electrons. The van der Waals surface area contributed by atoms with E-state index in [0.717, 1.165) is 11.8 Å². The number of hydrogen-bond donors (Lipinski definition) is 2. The van der Waals surface area contributed by atoms with Crippen LogP contribution < -0.4 is 9.47 Å². The number of aromatic carboxylic acids is 1. The molecule has 1 fully saturated rings. The Kier molecular flexibility index (Phi) is 6.66. The van der Waals surface area contributed by atoms with Crippen LogP contribution in [0.25, 0.3) is 6.08 Å². The molecule has 2 aromatic rings. The van der Waals surface area contributed by atoms with Gasteiger partial charge in [-0.3, -0.25) is 9.69 Å². The van der Waals surface area contributed by atoms with Crippen molar-refractivity contribution < 1.29 is 29.3 Å². The average molecular weight is 440 g/mol. The summed E-state index contributed by atoms with van der Waals surface area (Å²) in [5.74, 6) is -0.723. The number of thioether (sulfide) groups is 1. The largest absolute Gasteiger partial charge is 0.507 e. The summed E-state index contributed by atoms with van der Waals surface area (Å²) in [5.41, 5.74) is 0.784. The quantitative estimate of drug-likeness (QED) is 0.496. The number of amides is 1. The van der Waals surface area contributed by atoms with E-state index in [1.165, 1.54) is 30.2 Å². The number of rotatable bonds is 7. The zero-order valence-corrected chi connectivity index (χ0v) is 17.7. The summed E-state index contributed by atoms with van der Waals surface area (Å²) in [6.07, 6.45) is 3.28. The zero-order chi connectivity index (χ0) is 22.5. The van der Waals surface area contributed by atoms with Crippen LogP contribution in [0.4, 0.5) is 5.69 Å². The third-order valence-corrected chi connectivity index (χ3v) is 5.37. The molecule has 0 aromatic heterocycles. The number of carboxylic acid groups (broad SMARTS) is 1. The Morgan fingerprint density at radius 2 is 2.00 bits per heavy atom. The van der Waals surface area contributed by atoms with Gasteiger partial charge >= 0.3 is 5.97 Å². The zero-order valence-electron chi connectivity index (χ0n) is 16.9. The molecule has 0 saturated carbocycles. The Hall–Kier alpha value is -3.72. The van der Waals surface area contributed by atoms with Crippen LogP contribution in [0.1, 0.15) is 15.9 Å². The van der Waals surface area contributed by atoms with E-state index in [-0.39, 0.29) is 18.0 Å². The fourth-order valence-electron chi connectivity index (χ4n) is 2.84. The van der Waals surface area contributed by atoms with Crippen LogP contribution >= 0.6 is 11.8 Å². The smallest absolute Gasteiger partial charge is 0.339 e. The molecule has 0 bridgehead atoms. The van der Waals surface area contributed by atoms with E-state index in [1.54, 1.807) is 37.5 Å². The molecule has 2 aromatic carbocycles. The number of ether oxygens (including phenoxy) is 2. The van der Waals surface area contributed by atoms with Gasteiger partial charge in [-0.1, -0.05) is 6.08 Å². The number of carbonyl (C=O) groups is 2. The van der Waals surface area contributed by atoms with Crippen molar-refractivity contribution in [3.05, 3.63) is 65.1 Å². The molecule has 0 unspecified atom stereocenters. The maximum atomic E-state index is 12.9. The first-order chi connectivity index (χ1) is 14.9. The summed E-state index contributed by atoms with van der Waals surface area (Å²) in [5, 5.41) is 19.3. The average Bonchev–Trinajstić information content (AvgIpc) is 3.03. The van der Waals surface area contributed by atoms with Crippen LogP contribution in [0.15, 0.2) is 59.0 Å². The van der Waals surface area contributed by atoms with Crippen molar-refractivity contribution in [3.8, 4) is 17.2 Å². The number of amidine groups is 1. The number of aliphatic imine (C=N–C) groups is 1. The van der Waals surface area contributed by atoms with E-state index in [2.05, 4.69) is 11.6 Å². The molecule has 1 saturated heterocycles. The number of nitrogens with zero attached hydrogens (tertiary/aromatic N) is 2. The van der Waals surface area contributed by atoms with Crippen molar-refractivity contribution in [1.82, 2.24) is 4.90 Å². The fourth-order valence-corrected chi connectivity index (χ4v) is 3.84. The lowest BCUT2D eigenvalue weighted by Gasteiger charge is -2.12. The van der Waals surface area contributed by atoms with Crippen LogP contribution in [0.3, 0.4) is 0 Å². The highest BCUT2D eigenvalue weighted by atomic mass is 32.2. The molecular weight excluding hydrogens is 420 g/mol. The van der Waals surface area contributed by atoms with Gasteiger partial charge in [0.15, 0.2) is 5.17 Å². The monoisotopic (exact) mass is 440 g/mol. The van der Waals surface area contributed by atoms with E-state index in [9.17, 15) is 14.7 Å². The van der Waals surface area contributed by atoms with Gasteiger partial charge in [0.05, 0.1) is 24.8 Å². The van der Waals surface area contributed by atoms with Gasteiger partial charge in [0, 0.05) is 24.2 Å². The topological polar surface area (TPSA) is 109 Å². The summed E-state index contributed by atoms with van der Waals surface area (Å²) in [6.45, 7) is 3.92. The second-order valence-electron chi connectivity index (χ2n) is 6.32. The third kappa shape index (κ3) is 4.72. The SMILES string of the molecule is C=CCN1C(=O)/C(=C/c2ccc(OC)cc2OC)SC1=Nc1ccc(C(=O)O)c(O)c1. The normalized spacial score (nSPS) is 16.1. The molecule has 31 heavy (non-hydrogen) atoms. The molecule has 9 heteroatoms. The molecule has 1 aliphatic rings. The number of phenols is 1. The number of methoxy groups -OCH3 is 2. The van der Waals surface area contributed by atoms with E-state index >= 15 is 0 Å². The van der Waals surface area contributed by atoms with E-state index in [0.29, 0.717) is 32.8 Å². The number of benzene rings is 2. The lowest BCUT2D eigenvalue weighted by molar-refractivity contribution is -0.121. The predicted octanol–water partition coefficient (Wildman–Crippen LogP) is 3.90. The minimum atomic E-state index is -1.24. The van der Waals surface area contributed by atoms with Crippen LogP contribution in [-0.4, -0.2) is 52.9 Å². The van der Waals surface area contributed by atoms with Gasteiger partial charge in [-0.25, -0.2) is 9.79 Å². The van der Waals surface area contributed by atoms with E-state index < -0.39 is 11.7 Å². The van der Waals surface area contributed by atoms with Crippen molar-refractivity contribution in [2.75, 3.05) is 20.8 Å². The van der Waals surface area contributed by atoms with Gasteiger partial charge in [0.1, 0.15) is 22.8 Å². The molecule has 0 atom stereocenters. The Balaban J connectivity index is 1.98. The molecule has 0 spiro atoms. The van der Waals surface area contributed by atoms with Crippen molar-refractivity contribution in [2.45, 2.75) is 0 Å². The molecule has 160 valence electrons. The maximum absolute atomic E-state index is 12.9. The first-order valence-corrected chi connectivity index (χ1v) is 9.89. The summed E-state index contributed by atoms with van der Waals surface area (Å²) in [4.78, 5) is 30.3. The van der Waals surface area contributed by atoms with Crippen LogP contribution in [0.5, 0.6) is 17.2 Å². The number of hydrogen-bond acceptors (Lipinski definition) is 7. The minimum absolute atomic E-state index is 0.228. The molecule has 3 rings (SSSR count). The number of carboxylic acids is 1. The Morgan fingerprint density at radius 1 is 1.23 bits per heavy atom. The summed E-state index contributed by atoms with van der Waals surface area (Å²) in [6, 6.07) is 9.23. The van der Waals surface area contributed by atoms with Gasteiger partial charge in [-0.15, -0.1) is 6.58 Å². The Morgan fingerprint density at radius 3 is 2.61 bits per heavy atom. The molecule has 2 N–H and O–H groups in total. The van der Waals surface area contributed by atoms with Crippen LogP contribution in [0, 0.1) is 0 Å². The standard InChI is InChI=1S/C22H20N2O6S/c1-4-9-24-20(26)19(10-13-5-7-15(29-2)12-18(13)30-3)31-22(24)23-14-6-8-16(21(27)28)17(25)11-14/h4-8,10-12,25H,1,9H2,2-3H3,(H,27,28)/b19-10-,23-22?. The summed E-state index contributed by atoms with van der Waals surface area (Å²) in [7, 11) is 3.09. The molecule has 8 nitrogen and oxygen atoms in total. The number of aromatic hydroxyl groups is 1. The van der Waals surface area contributed by atoms with Crippen molar-refractivity contribution >= 4 is 40.6 Å². The molecule has 1 heterocycles. The summed E-state index contributed by atoms with van der Waals surface area (Å²) < 4.78 is 10.6. The fraction of sp³-hybridized carbons (Fsp3) is 0.136. The van der Waals surface area contributed by atoms with Crippen LogP contribution in [0.2, 0.25) is 0 Å². The van der Waals surface area contributed by atoms with Gasteiger partial charge in [-0.2, -0.15) is 0 Å². The van der Waals surface area contributed by atoms with Gasteiger partial charge in [-0.05, 0) is 42.1 Å². The third-order valence-electron chi connectivity index (χ3n) is 4.36. The highest BCUT2D eigenvalue weighted by Gasteiger charge is 2.33. The second kappa shape index (κ2) is 9.40. The molecular formula is C22H20N2O6S. The van der Waals surface area contributed by atoms with Gasteiger partial charge < -0.3 is 19.7 Å². The summed E-state index contributed by atoms with van der Waals surface area (Å²) >= 11 is 1.16. The minimum Gasteiger partial charge on any atom is -0.507 e. The lowest BCUT2D eigenvalue weighted by Crippen LogP contribution is -2.29. The molecule has 1 amide bonds. The van der Waals surface area contributed by atoms with Crippen LogP contribution in [-0.2, 0) is 4.79 Å². The van der Waals surface area contributed by atoms with Crippen molar-refractivity contribution in [3.63, 3.8) is 0 Å². The highest BCUT2D eigenvalue weighted by Crippen LogP contribution is 2.37. The molecule has 1 aliphatic heterocycles. The Labute approximate surface area is 183 Å². The first kappa shape index (κ1) is 22.0. The van der Waals surface area contributed by atoms with Gasteiger partial charge in [0.2, 0.25) is 0 Å². The van der Waals surface area contributed by atoms with E-state index in [4.69, 9.17) is 14.6 Å². The Bertz CT molecular complexity index is 1110. The lowest BCUT2D eigenvalue weighted by atomic mass is 10.1. The van der Waals surface area contributed by atoms with Crippen molar-refractivity contribution in [1.29, 1.82) is 0 Å². The van der Waals surface area contributed by atoms with Crippen molar-refractivity contribution in [2.24, 2.45) is 4.99 Å². The van der Waals surface area contributed by atoms with Gasteiger partial charge in [0.25, 0.3) is 5.91 Å². The second-order valence-corrected chi connectivity index (χ2v) is 7.33. The van der Waals surface area contributed by atoms with E-state index in [1.807, 2.05) is 0 Å². The number of carbonyl (C=O) groups excluding carboxylic acids is 1. The maximum Gasteiger partial charge on any atom is 0.339 e. The molecule has 0 aliphatic carbocycles.